The summed E-state index contributed by atoms with van der Waals surface area (Å²) >= 11 is 0. The highest BCUT2D eigenvalue weighted by Gasteiger charge is 2.25. The second kappa shape index (κ2) is 7.92. The van der Waals surface area contributed by atoms with Gasteiger partial charge in [0.05, 0.1) is 6.04 Å². The standard InChI is InChI=1S/C18H24N4O3/c1-5-6-9-14(13-8-7-10-19-12-13)20(2)17(24)15-11-16(23)22(4)18(25)21(15)3/h7-8,10-12,14H,5-6,9H2,1-4H3. The van der Waals surface area contributed by atoms with Gasteiger partial charge in [-0.3, -0.25) is 23.7 Å². The molecule has 0 aromatic carbocycles. The first-order valence-electron chi connectivity index (χ1n) is 8.32. The van der Waals surface area contributed by atoms with E-state index < -0.39 is 11.2 Å². The molecule has 0 saturated carbocycles. The summed E-state index contributed by atoms with van der Waals surface area (Å²) in [5, 5.41) is 0. The highest BCUT2D eigenvalue weighted by atomic mass is 16.2. The number of aromatic nitrogens is 3. The Hall–Kier alpha value is -2.70. The van der Waals surface area contributed by atoms with Crippen LogP contribution in [0.5, 0.6) is 0 Å². The number of pyridine rings is 1. The Morgan fingerprint density at radius 3 is 2.60 bits per heavy atom. The maximum absolute atomic E-state index is 13.0. The zero-order valence-electron chi connectivity index (χ0n) is 15.1. The smallest absolute Gasteiger partial charge is 0.331 e. The molecule has 1 unspecified atom stereocenters. The van der Waals surface area contributed by atoms with Crippen LogP contribution in [0.4, 0.5) is 0 Å². The summed E-state index contributed by atoms with van der Waals surface area (Å²) in [5.41, 5.74) is 0.00342. The minimum Gasteiger partial charge on any atom is -0.333 e. The normalized spacial score (nSPS) is 12.0. The lowest BCUT2D eigenvalue weighted by atomic mass is 10.0. The van der Waals surface area contributed by atoms with Gasteiger partial charge in [-0.05, 0) is 18.1 Å². The summed E-state index contributed by atoms with van der Waals surface area (Å²) in [7, 11) is 4.58. The Kier molecular flexibility index (Phi) is 5.90. The van der Waals surface area contributed by atoms with Crippen molar-refractivity contribution in [3.63, 3.8) is 0 Å². The van der Waals surface area contributed by atoms with E-state index in [1.807, 2.05) is 12.1 Å². The van der Waals surface area contributed by atoms with Crippen molar-refractivity contribution in [2.75, 3.05) is 7.05 Å². The third kappa shape index (κ3) is 3.87. The first-order valence-corrected chi connectivity index (χ1v) is 8.32. The highest BCUT2D eigenvalue weighted by molar-refractivity contribution is 5.92. The van der Waals surface area contributed by atoms with E-state index >= 15 is 0 Å². The molecule has 0 saturated heterocycles. The second-order valence-electron chi connectivity index (χ2n) is 6.13. The van der Waals surface area contributed by atoms with E-state index in [0.717, 1.165) is 29.4 Å². The van der Waals surface area contributed by atoms with E-state index in [4.69, 9.17) is 0 Å². The molecule has 7 nitrogen and oxygen atoms in total. The SMILES string of the molecule is CCCCC(c1cccnc1)N(C)C(=O)c1cc(=O)n(C)c(=O)n1C. The Bertz CT molecular complexity index is 855. The van der Waals surface area contributed by atoms with Crippen molar-refractivity contribution in [1.82, 2.24) is 19.0 Å². The van der Waals surface area contributed by atoms with Crippen molar-refractivity contribution >= 4 is 5.91 Å². The molecular formula is C18H24N4O3. The van der Waals surface area contributed by atoms with E-state index in [2.05, 4.69) is 11.9 Å². The fourth-order valence-electron chi connectivity index (χ4n) is 2.81. The lowest BCUT2D eigenvalue weighted by Gasteiger charge is -2.29. The van der Waals surface area contributed by atoms with Crippen molar-refractivity contribution in [3.05, 3.63) is 62.7 Å². The number of hydrogen-bond acceptors (Lipinski definition) is 4. The summed E-state index contributed by atoms with van der Waals surface area (Å²) in [5.74, 6) is -0.359. The van der Waals surface area contributed by atoms with Crippen LogP contribution in [0.2, 0.25) is 0 Å². The lowest BCUT2D eigenvalue weighted by molar-refractivity contribution is 0.0708. The van der Waals surface area contributed by atoms with Crippen molar-refractivity contribution in [2.45, 2.75) is 32.2 Å². The van der Waals surface area contributed by atoms with Crippen LogP contribution in [0.15, 0.2) is 40.2 Å². The predicted octanol–water partition coefficient (Wildman–Crippen LogP) is 1.48. The molecule has 7 heteroatoms. The number of carbonyl (C=O) groups is 1. The lowest BCUT2D eigenvalue weighted by Crippen LogP contribution is -2.42. The number of unbranched alkanes of at least 4 members (excludes halogenated alkanes) is 1. The first kappa shape index (κ1) is 18.6. The maximum Gasteiger partial charge on any atom is 0.331 e. The average Bonchev–Trinajstić information content (AvgIpc) is 2.63. The number of amides is 1. The van der Waals surface area contributed by atoms with Crippen LogP contribution >= 0.6 is 0 Å². The molecule has 0 fully saturated rings. The molecule has 25 heavy (non-hydrogen) atoms. The molecule has 0 aliphatic carbocycles. The topological polar surface area (TPSA) is 77.2 Å². The van der Waals surface area contributed by atoms with Gasteiger partial charge in [0.25, 0.3) is 11.5 Å². The number of rotatable bonds is 6. The van der Waals surface area contributed by atoms with Crippen LogP contribution in [0.25, 0.3) is 0 Å². The van der Waals surface area contributed by atoms with Crippen molar-refractivity contribution in [1.29, 1.82) is 0 Å². The van der Waals surface area contributed by atoms with Gasteiger partial charge >= 0.3 is 5.69 Å². The summed E-state index contributed by atoms with van der Waals surface area (Å²) in [6, 6.07) is 4.81. The Balaban J connectivity index is 2.42. The van der Waals surface area contributed by atoms with E-state index in [0.29, 0.717) is 0 Å². The van der Waals surface area contributed by atoms with E-state index in [-0.39, 0.29) is 17.6 Å². The Labute approximate surface area is 146 Å². The Morgan fingerprint density at radius 1 is 1.28 bits per heavy atom. The summed E-state index contributed by atoms with van der Waals surface area (Å²) in [6.45, 7) is 2.09. The van der Waals surface area contributed by atoms with Gasteiger partial charge in [-0.15, -0.1) is 0 Å². The fourth-order valence-corrected chi connectivity index (χ4v) is 2.81. The molecule has 2 rings (SSSR count). The minimum absolute atomic E-state index is 0.0842. The first-order chi connectivity index (χ1) is 11.9. The zero-order chi connectivity index (χ0) is 18.6. The van der Waals surface area contributed by atoms with Gasteiger partial charge in [-0.2, -0.15) is 0 Å². The molecule has 1 atom stereocenters. The number of hydrogen-bond donors (Lipinski definition) is 0. The largest absolute Gasteiger partial charge is 0.333 e. The van der Waals surface area contributed by atoms with Gasteiger partial charge < -0.3 is 4.90 Å². The average molecular weight is 344 g/mol. The number of carbonyl (C=O) groups excluding carboxylic acids is 1. The number of nitrogens with zero attached hydrogens (tertiary/aromatic N) is 4. The highest BCUT2D eigenvalue weighted by Crippen LogP contribution is 2.25. The molecule has 0 aliphatic heterocycles. The van der Waals surface area contributed by atoms with E-state index in [9.17, 15) is 14.4 Å². The molecular weight excluding hydrogens is 320 g/mol. The molecule has 0 aliphatic rings. The molecule has 0 N–H and O–H groups in total. The third-order valence-corrected chi connectivity index (χ3v) is 4.43. The minimum atomic E-state index is -0.518. The molecule has 2 aromatic heterocycles. The summed E-state index contributed by atoms with van der Waals surface area (Å²) in [4.78, 5) is 42.7. The van der Waals surface area contributed by atoms with Gasteiger partial charge in [0, 0.05) is 39.6 Å². The van der Waals surface area contributed by atoms with Crippen LogP contribution in [-0.4, -0.2) is 32.0 Å². The molecule has 2 heterocycles. The molecule has 1 amide bonds. The van der Waals surface area contributed by atoms with Gasteiger partial charge in [-0.25, -0.2) is 4.79 Å². The van der Waals surface area contributed by atoms with Gasteiger partial charge in [-0.1, -0.05) is 25.8 Å². The molecule has 0 spiro atoms. The summed E-state index contributed by atoms with van der Waals surface area (Å²) in [6.07, 6.45) is 6.17. The molecule has 0 bridgehead atoms. The van der Waals surface area contributed by atoms with E-state index in [1.54, 1.807) is 24.3 Å². The third-order valence-electron chi connectivity index (χ3n) is 4.43. The van der Waals surface area contributed by atoms with Crippen LogP contribution in [0, 0.1) is 0 Å². The zero-order valence-corrected chi connectivity index (χ0v) is 15.1. The monoisotopic (exact) mass is 344 g/mol. The van der Waals surface area contributed by atoms with Crippen LogP contribution < -0.4 is 11.2 Å². The van der Waals surface area contributed by atoms with Gasteiger partial charge in [0.2, 0.25) is 0 Å². The maximum atomic E-state index is 13.0. The van der Waals surface area contributed by atoms with Crippen molar-refractivity contribution in [3.8, 4) is 0 Å². The van der Waals surface area contributed by atoms with Crippen LogP contribution in [0.1, 0.15) is 48.3 Å². The summed E-state index contributed by atoms with van der Waals surface area (Å²) < 4.78 is 2.19. The molecule has 2 aromatic rings. The van der Waals surface area contributed by atoms with Crippen LogP contribution in [-0.2, 0) is 14.1 Å². The molecule has 134 valence electrons. The van der Waals surface area contributed by atoms with Crippen LogP contribution in [0.3, 0.4) is 0 Å². The predicted molar refractivity (Wildman–Crippen MR) is 95.5 cm³/mol. The van der Waals surface area contributed by atoms with Crippen molar-refractivity contribution in [2.24, 2.45) is 14.1 Å². The Morgan fingerprint density at radius 2 is 2.00 bits per heavy atom. The van der Waals surface area contributed by atoms with E-state index in [1.165, 1.54) is 24.7 Å². The quantitative estimate of drug-likeness (QED) is 0.795. The molecule has 0 radical (unpaired) electrons. The van der Waals surface area contributed by atoms with Gasteiger partial charge in [0.1, 0.15) is 5.69 Å². The van der Waals surface area contributed by atoms with Crippen molar-refractivity contribution < 1.29 is 4.79 Å². The second-order valence-corrected chi connectivity index (χ2v) is 6.13. The van der Waals surface area contributed by atoms with Gasteiger partial charge in [0.15, 0.2) is 0 Å². The fraction of sp³-hybridized carbons (Fsp3) is 0.444.